The van der Waals surface area contributed by atoms with E-state index in [-0.39, 0.29) is 5.91 Å². The quantitative estimate of drug-likeness (QED) is 0.675. The van der Waals surface area contributed by atoms with Crippen molar-refractivity contribution < 1.29 is 9.21 Å². The molecule has 0 fully saturated rings. The van der Waals surface area contributed by atoms with Crippen LogP contribution in [0, 0.1) is 0 Å². The number of oxazole rings is 1. The molecule has 1 aromatic carbocycles. The van der Waals surface area contributed by atoms with Gasteiger partial charge in [-0.3, -0.25) is 4.79 Å². The van der Waals surface area contributed by atoms with E-state index in [1.807, 2.05) is 35.2 Å². The number of hydrogen-bond acceptors (Lipinski definition) is 5. The molecule has 1 aliphatic rings. The molecule has 0 atom stereocenters. The second kappa shape index (κ2) is 7.45. The van der Waals surface area contributed by atoms with Crippen LogP contribution >= 0.6 is 23.1 Å². The molecule has 0 radical (unpaired) electrons. The van der Waals surface area contributed by atoms with E-state index in [0.29, 0.717) is 17.4 Å². The van der Waals surface area contributed by atoms with E-state index in [9.17, 15) is 4.79 Å². The number of thiophene rings is 1. The van der Waals surface area contributed by atoms with E-state index in [1.54, 1.807) is 29.4 Å². The highest BCUT2D eigenvalue weighted by molar-refractivity contribution is 7.99. The van der Waals surface area contributed by atoms with Gasteiger partial charge in [-0.05, 0) is 35.6 Å². The van der Waals surface area contributed by atoms with E-state index in [4.69, 9.17) is 4.42 Å². The minimum absolute atomic E-state index is 0.202. The topological polar surface area (TPSA) is 46.3 Å². The van der Waals surface area contributed by atoms with E-state index in [0.717, 1.165) is 30.8 Å². The molecule has 1 aliphatic heterocycles. The highest BCUT2D eigenvalue weighted by Gasteiger charge is 2.21. The van der Waals surface area contributed by atoms with Crippen molar-refractivity contribution in [2.75, 3.05) is 12.3 Å². The lowest BCUT2D eigenvalue weighted by molar-refractivity contribution is -0.129. The molecule has 0 unspecified atom stereocenters. The smallest absolute Gasteiger partial charge is 0.232 e. The number of amides is 1. The minimum Gasteiger partial charge on any atom is -0.444 e. The largest absolute Gasteiger partial charge is 0.444 e. The third-order valence-electron chi connectivity index (χ3n) is 4.21. The second-order valence-electron chi connectivity index (χ2n) is 5.94. The molecular weight excluding hydrogens is 352 g/mol. The van der Waals surface area contributed by atoms with Crippen LogP contribution in [0.1, 0.15) is 16.1 Å². The molecule has 0 bridgehead atoms. The maximum absolute atomic E-state index is 12.4. The summed E-state index contributed by atoms with van der Waals surface area (Å²) in [4.78, 5) is 20.3. The lowest BCUT2D eigenvalue weighted by Crippen LogP contribution is -2.36. The Labute approximate surface area is 154 Å². The van der Waals surface area contributed by atoms with Gasteiger partial charge >= 0.3 is 0 Å². The molecule has 6 heteroatoms. The maximum atomic E-state index is 12.4. The van der Waals surface area contributed by atoms with Gasteiger partial charge in [0, 0.05) is 29.3 Å². The van der Waals surface area contributed by atoms with Crippen LogP contribution in [-0.4, -0.2) is 28.1 Å². The Bertz CT molecular complexity index is 857. The van der Waals surface area contributed by atoms with Gasteiger partial charge in [0.25, 0.3) is 0 Å². The summed E-state index contributed by atoms with van der Waals surface area (Å²) in [7, 11) is 0. The molecule has 128 valence electrons. The van der Waals surface area contributed by atoms with Crippen molar-refractivity contribution in [3.8, 4) is 11.5 Å². The second-order valence-corrected chi connectivity index (χ2v) is 7.92. The molecule has 25 heavy (non-hydrogen) atoms. The van der Waals surface area contributed by atoms with Crippen molar-refractivity contribution in [3.63, 3.8) is 0 Å². The molecule has 0 saturated carbocycles. The Kier molecular flexibility index (Phi) is 4.90. The molecule has 0 N–H and O–H groups in total. The zero-order chi connectivity index (χ0) is 17.1. The van der Waals surface area contributed by atoms with Crippen molar-refractivity contribution in [2.24, 2.45) is 0 Å². The lowest BCUT2D eigenvalue weighted by atomic mass is 10.1. The average molecular weight is 370 g/mol. The molecule has 1 amide bonds. The predicted molar refractivity (Wildman–Crippen MR) is 102 cm³/mol. The van der Waals surface area contributed by atoms with Gasteiger partial charge in [-0.1, -0.05) is 18.2 Å². The van der Waals surface area contributed by atoms with Gasteiger partial charge in [0.1, 0.15) is 6.26 Å². The normalized spacial score (nSPS) is 13.7. The third kappa shape index (κ3) is 3.80. The van der Waals surface area contributed by atoms with Crippen LogP contribution in [0.25, 0.3) is 11.5 Å². The fourth-order valence-electron chi connectivity index (χ4n) is 2.88. The zero-order valence-electron chi connectivity index (χ0n) is 13.7. The molecule has 0 spiro atoms. The predicted octanol–water partition coefficient (Wildman–Crippen LogP) is 4.22. The zero-order valence-corrected chi connectivity index (χ0v) is 15.3. The number of fused-ring (bicyclic) bond motifs is 1. The third-order valence-corrected chi connectivity index (χ3v) is 6.18. The van der Waals surface area contributed by atoms with Crippen LogP contribution in [0.4, 0.5) is 0 Å². The van der Waals surface area contributed by atoms with Gasteiger partial charge in [-0.15, -0.1) is 23.1 Å². The Morgan fingerprint density at radius 3 is 3.04 bits per heavy atom. The summed E-state index contributed by atoms with van der Waals surface area (Å²) < 4.78 is 5.54. The summed E-state index contributed by atoms with van der Waals surface area (Å²) in [5, 5.41) is 2.11. The summed E-state index contributed by atoms with van der Waals surface area (Å²) in [5.74, 6) is 1.99. The van der Waals surface area contributed by atoms with Gasteiger partial charge in [0.15, 0.2) is 0 Å². The highest BCUT2D eigenvalue weighted by atomic mass is 32.2. The monoisotopic (exact) mass is 370 g/mol. The molecule has 3 aromatic rings. The number of carbonyl (C=O) groups is 1. The van der Waals surface area contributed by atoms with Gasteiger partial charge in [0.2, 0.25) is 11.8 Å². The van der Waals surface area contributed by atoms with E-state index in [1.165, 1.54) is 10.4 Å². The van der Waals surface area contributed by atoms with Gasteiger partial charge in [-0.25, -0.2) is 4.98 Å². The van der Waals surface area contributed by atoms with E-state index in [2.05, 4.69) is 16.4 Å². The van der Waals surface area contributed by atoms with Crippen molar-refractivity contribution in [1.29, 1.82) is 0 Å². The van der Waals surface area contributed by atoms with Crippen LogP contribution in [0.2, 0.25) is 0 Å². The van der Waals surface area contributed by atoms with Crippen LogP contribution < -0.4 is 0 Å². The number of hydrogen-bond donors (Lipinski definition) is 0. The van der Waals surface area contributed by atoms with Crippen LogP contribution in [0.15, 0.2) is 52.5 Å². The average Bonchev–Trinajstić information content (AvgIpc) is 3.31. The van der Waals surface area contributed by atoms with Crippen molar-refractivity contribution in [1.82, 2.24) is 9.88 Å². The molecule has 2 aromatic heterocycles. The van der Waals surface area contributed by atoms with Crippen molar-refractivity contribution in [3.05, 3.63) is 64.2 Å². The Morgan fingerprint density at radius 1 is 1.28 bits per heavy atom. The number of rotatable bonds is 5. The number of carbonyl (C=O) groups excluding carboxylic acids is 1. The number of benzene rings is 1. The van der Waals surface area contributed by atoms with Crippen molar-refractivity contribution >= 4 is 29.0 Å². The molecule has 4 rings (SSSR count). The first kappa shape index (κ1) is 16.4. The summed E-state index contributed by atoms with van der Waals surface area (Å²) in [6, 6.07) is 12.0. The van der Waals surface area contributed by atoms with Crippen LogP contribution in [0.3, 0.4) is 0 Å². The first-order valence-electron chi connectivity index (χ1n) is 8.20. The van der Waals surface area contributed by atoms with Gasteiger partial charge < -0.3 is 9.32 Å². The minimum atomic E-state index is 0.202. The van der Waals surface area contributed by atoms with Crippen LogP contribution in [0.5, 0.6) is 0 Å². The fraction of sp³-hybridized carbons (Fsp3) is 0.263. The number of nitrogens with zero attached hydrogens (tertiary/aromatic N) is 2. The highest BCUT2D eigenvalue weighted by Crippen LogP contribution is 2.25. The number of aromatic nitrogens is 1. The fourth-order valence-corrected chi connectivity index (χ4v) is 4.57. The molecule has 4 nitrogen and oxygen atoms in total. The Balaban J connectivity index is 1.28. The summed E-state index contributed by atoms with van der Waals surface area (Å²) >= 11 is 3.38. The molecule has 3 heterocycles. The summed E-state index contributed by atoms with van der Waals surface area (Å²) in [6.45, 7) is 1.58. The standard InChI is InChI=1S/C19H18N2O2S2/c22-18(21-8-6-17-15(10-21)7-9-25-17)13-24-12-16-11-23-19(20-16)14-4-2-1-3-5-14/h1-5,7,9,11H,6,8,10,12-13H2. The molecular formula is C19H18N2O2S2. The Hall–Kier alpha value is -2.05. The lowest BCUT2D eigenvalue weighted by Gasteiger charge is -2.26. The molecule has 0 aliphatic carbocycles. The van der Waals surface area contributed by atoms with Crippen LogP contribution in [-0.2, 0) is 23.5 Å². The Morgan fingerprint density at radius 2 is 2.16 bits per heavy atom. The van der Waals surface area contributed by atoms with E-state index >= 15 is 0 Å². The summed E-state index contributed by atoms with van der Waals surface area (Å²) in [6.07, 6.45) is 2.66. The molecule has 0 saturated heterocycles. The first-order chi connectivity index (χ1) is 12.3. The summed E-state index contributed by atoms with van der Waals surface area (Å²) in [5.41, 5.74) is 3.14. The van der Waals surface area contributed by atoms with Crippen molar-refractivity contribution in [2.45, 2.75) is 18.7 Å². The van der Waals surface area contributed by atoms with Gasteiger partial charge in [-0.2, -0.15) is 0 Å². The first-order valence-corrected chi connectivity index (χ1v) is 10.2. The SMILES string of the molecule is O=C(CSCc1coc(-c2ccccc2)n1)N1CCc2sccc2C1. The van der Waals surface area contributed by atoms with E-state index < -0.39 is 0 Å². The maximum Gasteiger partial charge on any atom is 0.232 e. The number of thioether (sulfide) groups is 1. The van der Waals surface area contributed by atoms with Gasteiger partial charge in [0.05, 0.1) is 11.4 Å².